The number of sulfone groups is 1. The number of hydrogen-bond donors (Lipinski definition) is 0. The van der Waals surface area contributed by atoms with Gasteiger partial charge in [0, 0.05) is 42.1 Å². The molecule has 0 spiro atoms. The summed E-state index contributed by atoms with van der Waals surface area (Å²) < 4.78 is 31.2. The first-order chi connectivity index (χ1) is 15.2. The topological polar surface area (TPSA) is 81.5 Å². The monoisotopic (exact) mass is 459 g/mol. The van der Waals surface area contributed by atoms with E-state index in [1.807, 2.05) is 23.2 Å². The zero-order chi connectivity index (χ0) is 22.9. The van der Waals surface area contributed by atoms with Gasteiger partial charge in [0.25, 0.3) is 0 Å². The first-order valence-corrected chi connectivity index (χ1v) is 13.6. The lowest BCUT2D eigenvalue weighted by Gasteiger charge is -2.36. The summed E-state index contributed by atoms with van der Waals surface area (Å²) in [6.07, 6.45) is 11.5. The van der Waals surface area contributed by atoms with Crippen molar-refractivity contribution >= 4 is 21.4 Å². The van der Waals surface area contributed by atoms with Crippen LogP contribution >= 0.6 is 0 Å². The average molecular weight is 460 g/mol. The van der Waals surface area contributed by atoms with E-state index < -0.39 is 9.84 Å². The number of amides is 1. The summed E-state index contributed by atoms with van der Waals surface area (Å²) in [5.74, 6) is 1.51. The predicted molar refractivity (Wildman–Crippen MR) is 126 cm³/mol. The number of ether oxygens (including phenoxy) is 1. The van der Waals surface area contributed by atoms with Gasteiger partial charge < -0.3 is 9.64 Å². The molecule has 0 bridgehead atoms. The Balaban J connectivity index is 1.70. The molecule has 1 atom stereocenters. The molecule has 8 heteroatoms. The maximum atomic E-state index is 12.4. The van der Waals surface area contributed by atoms with Crippen LogP contribution in [0.2, 0.25) is 0 Å². The summed E-state index contributed by atoms with van der Waals surface area (Å²) in [7, 11) is -3.06. The van der Waals surface area contributed by atoms with Crippen LogP contribution < -0.4 is 9.64 Å². The number of benzene rings is 1. The molecule has 1 aliphatic carbocycles. The Hall–Kier alpha value is -2.35. The van der Waals surface area contributed by atoms with Gasteiger partial charge in [0.1, 0.15) is 15.6 Å². The summed E-state index contributed by atoms with van der Waals surface area (Å²) in [5.41, 5.74) is 3.87. The van der Waals surface area contributed by atoms with Gasteiger partial charge in [-0.05, 0) is 50.7 Å². The molecule has 1 aromatic carbocycles. The Kier molecular flexibility index (Phi) is 6.60. The van der Waals surface area contributed by atoms with Crippen LogP contribution in [0.1, 0.15) is 51.5 Å². The summed E-state index contributed by atoms with van der Waals surface area (Å²) >= 11 is 0. The highest BCUT2D eigenvalue weighted by Crippen LogP contribution is 2.43. The smallest absolute Gasteiger partial charge is 0.224 e. The van der Waals surface area contributed by atoms with E-state index >= 15 is 0 Å². The minimum atomic E-state index is -3.06. The zero-order valence-corrected chi connectivity index (χ0v) is 20.0. The molecule has 32 heavy (non-hydrogen) atoms. The van der Waals surface area contributed by atoms with Crippen molar-refractivity contribution in [3.05, 3.63) is 30.1 Å². The molecule has 1 saturated carbocycles. The number of aryl methyl sites for hydroxylation is 1. The van der Waals surface area contributed by atoms with Crippen molar-refractivity contribution in [2.75, 3.05) is 23.5 Å². The number of anilines is 1. The van der Waals surface area contributed by atoms with Crippen LogP contribution in [0.3, 0.4) is 0 Å². The van der Waals surface area contributed by atoms with Gasteiger partial charge in [-0.1, -0.05) is 12.8 Å². The normalized spacial score (nSPS) is 19.2. The molecule has 1 aliphatic heterocycles. The average Bonchev–Trinajstić information content (AvgIpc) is 3.41. The maximum absolute atomic E-state index is 12.4. The van der Waals surface area contributed by atoms with Crippen molar-refractivity contribution in [2.24, 2.45) is 5.92 Å². The first kappa shape index (κ1) is 22.8. The number of carbonyl (C=O) groups is 1. The van der Waals surface area contributed by atoms with E-state index in [9.17, 15) is 13.2 Å². The van der Waals surface area contributed by atoms with Gasteiger partial charge in [0.05, 0.1) is 30.8 Å². The van der Waals surface area contributed by atoms with Gasteiger partial charge in [-0.25, -0.2) is 8.42 Å². The van der Waals surface area contributed by atoms with Crippen molar-refractivity contribution in [2.45, 2.75) is 65.0 Å². The third kappa shape index (κ3) is 5.00. The van der Waals surface area contributed by atoms with Crippen LogP contribution in [-0.2, 0) is 27.6 Å². The van der Waals surface area contributed by atoms with Crippen LogP contribution in [0.25, 0.3) is 11.1 Å². The van der Waals surface area contributed by atoms with E-state index in [-0.39, 0.29) is 17.7 Å². The Morgan fingerprint density at radius 3 is 2.66 bits per heavy atom. The van der Waals surface area contributed by atoms with Crippen molar-refractivity contribution in [1.29, 1.82) is 0 Å². The predicted octanol–water partition coefficient (Wildman–Crippen LogP) is 3.85. The summed E-state index contributed by atoms with van der Waals surface area (Å²) in [4.78, 5) is 14.3. The van der Waals surface area contributed by atoms with Gasteiger partial charge >= 0.3 is 0 Å². The minimum absolute atomic E-state index is 0.0431. The molecular formula is C24H33N3O4S. The van der Waals surface area contributed by atoms with Crippen molar-refractivity contribution in [1.82, 2.24) is 9.78 Å². The quantitative estimate of drug-likeness (QED) is 0.628. The van der Waals surface area contributed by atoms with Crippen molar-refractivity contribution < 1.29 is 17.9 Å². The van der Waals surface area contributed by atoms with E-state index in [4.69, 9.17) is 4.74 Å². The molecule has 2 aliphatic rings. The molecule has 1 aromatic heterocycles. The number of rotatable bonds is 7. The molecule has 2 aromatic rings. The fourth-order valence-corrected chi connectivity index (χ4v) is 5.46. The molecule has 2 heterocycles. The van der Waals surface area contributed by atoms with E-state index in [2.05, 4.69) is 12.0 Å². The van der Waals surface area contributed by atoms with E-state index in [0.29, 0.717) is 19.1 Å². The highest BCUT2D eigenvalue weighted by molar-refractivity contribution is 7.90. The number of fused-ring (bicyclic) bond motifs is 1. The second kappa shape index (κ2) is 9.25. The highest BCUT2D eigenvalue weighted by Gasteiger charge is 2.30. The van der Waals surface area contributed by atoms with E-state index in [1.54, 1.807) is 17.8 Å². The Morgan fingerprint density at radius 1 is 1.22 bits per heavy atom. The third-order valence-corrected chi connectivity index (χ3v) is 7.59. The van der Waals surface area contributed by atoms with Gasteiger partial charge in [0.15, 0.2) is 0 Å². The second-order valence-corrected chi connectivity index (χ2v) is 11.6. The SMILES string of the molecule is CC(=O)N1c2ccc(-c3cnn(CCS(C)(=O)=O)c3)c(OCC3CCCC3)c2CCC1C. The lowest BCUT2D eigenvalue weighted by molar-refractivity contribution is -0.117. The summed E-state index contributed by atoms with van der Waals surface area (Å²) in [6, 6.07) is 4.18. The fraction of sp³-hybridized carbons (Fsp3) is 0.583. The van der Waals surface area contributed by atoms with E-state index in [0.717, 1.165) is 41.0 Å². The Bertz CT molecular complexity index is 1090. The molecule has 0 saturated heterocycles. The molecule has 1 fully saturated rings. The van der Waals surface area contributed by atoms with Crippen LogP contribution in [0.15, 0.2) is 24.5 Å². The number of carbonyl (C=O) groups excluding carboxylic acids is 1. The number of nitrogens with zero attached hydrogens (tertiary/aromatic N) is 3. The summed E-state index contributed by atoms with van der Waals surface area (Å²) in [6.45, 7) is 4.70. The lowest BCUT2D eigenvalue weighted by Crippen LogP contribution is -2.40. The maximum Gasteiger partial charge on any atom is 0.224 e. The van der Waals surface area contributed by atoms with Crippen LogP contribution in [0.4, 0.5) is 5.69 Å². The van der Waals surface area contributed by atoms with Gasteiger partial charge in [0.2, 0.25) is 5.91 Å². The van der Waals surface area contributed by atoms with Crippen LogP contribution in [0.5, 0.6) is 5.75 Å². The molecular weight excluding hydrogens is 426 g/mol. The molecule has 1 amide bonds. The minimum Gasteiger partial charge on any atom is -0.492 e. The van der Waals surface area contributed by atoms with Gasteiger partial charge in [-0.15, -0.1) is 0 Å². The van der Waals surface area contributed by atoms with Crippen molar-refractivity contribution in [3.8, 4) is 16.9 Å². The highest BCUT2D eigenvalue weighted by atomic mass is 32.2. The summed E-state index contributed by atoms with van der Waals surface area (Å²) in [5, 5.41) is 4.37. The fourth-order valence-electron chi connectivity index (χ4n) is 4.94. The van der Waals surface area contributed by atoms with Crippen LogP contribution in [0, 0.1) is 5.92 Å². The first-order valence-electron chi connectivity index (χ1n) is 11.5. The molecule has 174 valence electrons. The zero-order valence-electron chi connectivity index (χ0n) is 19.2. The second-order valence-electron chi connectivity index (χ2n) is 9.30. The third-order valence-electron chi connectivity index (χ3n) is 6.66. The Labute approximate surface area is 190 Å². The molecule has 4 rings (SSSR count). The van der Waals surface area contributed by atoms with Crippen LogP contribution in [-0.4, -0.2) is 48.8 Å². The van der Waals surface area contributed by atoms with Gasteiger partial charge in [-0.2, -0.15) is 5.10 Å². The largest absolute Gasteiger partial charge is 0.492 e. The molecule has 1 unspecified atom stereocenters. The molecule has 0 radical (unpaired) electrons. The van der Waals surface area contributed by atoms with E-state index in [1.165, 1.54) is 31.9 Å². The van der Waals surface area contributed by atoms with Crippen molar-refractivity contribution in [3.63, 3.8) is 0 Å². The number of hydrogen-bond acceptors (Lipinski definition) is 5. The molecule has 7 nitrogen and oxygen atoms in total. The standard InChI is InChI=1S/C24H33N3O4S/c1-17-8-9-22-23(27(17)18(2)28)11-10-21(24(22)31-16-19-6-4-5-7-19)20-14-25-26(15-20)12-13-32(3,29)30/h10-11,14-15,17,19H,4-9,12-13,16H2,1-3H3. The lowest BCUT2D eigenvalue weighted by atomic mass is 9.92. The molecule has 0 N–H and O–H groups in total. The Morgan fingerprint density at radius 2 is 1.97 bits per heavy atom. The number of aromatic nitrogens is 2. The van der Waals surface area contributed by atoms with Gasteiger partial charge in [-0.3, -0.25) is 9.48 Å².